The number of aryl methyl sites for hydroxylation is 2. The van der Waals surface area contributed by atoms with Gasteiger partial charge in [-0.25, -0.2) is 0 Å². The van der Waals surface area contributed by atoms with E-state index in [0.29, 0.717) is 10.6 Å². The van der Waals surface area contributed by atoms with Crippen molar-refractivity contribution in [2.75, 3.05) is 20.6 Å². The number of hydrogen-bond acceptors (Lipinski definition) is 3. The third kappa shape index (κ3) is 4.82. The van der Waals surface area contributed by atoms with Gasteiger partial charge in [0, 0.05) is 17.8 Å². The second kappa shape index (κ2) is 8.31. The van der Waals surface area contributed by atoms with Gasteiger partial charge >= 0.3 is 0 Å². The van der Waals surface area contributed by atoms with Crippen LogP contribution < -0.4 is 5.32 Å². The van der Waals surface area contributed by atoms with Crippen molar-refractivity contribution in [3.63, 3.8) is 0 Å². The number of hydrogen-bond donors (Lipinski definition) is 1. The van der Waals surface area contributed by atoms with E-state index in [1.54, 1.807) is 10.9 Å². The molecular weight excluding hydrogens is 324 g/mol. The van der Waals surface area contributed by atoms with Crippen LogP contribution in [0.4, 0.5) is 0 Å². The molecule has 0 saturated heterocycles. The van der Waals surface area contributed by atoms with Crippen molar-refractivity contribution in [1.82, 2.24) is 20.0 Å². The van der Waals surface area contributed by atoms with E-state index in [0.717, 1.165) is 30.8 Å². The zero-order valence-electron chi connectivity index (χ0n) is 14.7. The fourth-order valence-electron chi connectivity index (χ4n) is 2.54. The maximum absolute atomic E-state index is 12.7. The summed E-state index contributed by atoms with van der Waals surface area (Å²) in [6, 6.07) is 7.57. The first-order chi connectivity index (χ1) is 11.4. The number of carbonyl (C=O) groups is 1. The molecule has 24 heavy (non-hydrogen) atoms. The van der Waals surface area contributed by atoms with Crippen LogP contribution in [0, 0.1) is 6.92 Å². The van der Waals surface area contributed by atoms with Gasteiger partial charge in [0.1, 0.15) is 0 Å². The summed E-state index contributed by atoms with van der Waals surface area (Å²) in [7, 11) is 4.05. The molecule has 1 amide bonds. The second-order valence-corrected chi connectivity index (χ2v) is 6.59. The average molecular weight is 349 g/mol. The maximum atomic E-state index is 12.7. The standard InChI is InChI=1S/C18H25ClN4O/c1-5-23-12-16(13(2)21-23)18(24)20-17(10-11-22(3)4)14-6-8-15(19)9-7-14/h6-9,12,17H,5,10-11H2,1-4H3,(H,20,24). The SMILES string of the molecule is CCn1cc(C(=O)NC(CCN(C)C)c2ccc(Cl)cc2)c(C)n1. The Morgan fingerprint density at radius 2 is 2.00 bits per heavy atom. The fourth-order valence-corrected chi connectivity index (χ4v) is 2.67. The molecule has 0 spiro atoms. The van der Waals surface area contributed by atoms with Crippen molar-refractivity contribution in [2.45, 2.75) is 32.9 Å². The lowest BCUT2D eigenvalue weighted by molar-refractivity contribution is 0.0932. The molecule has 0 saturated carbocycles. The van der Waals surface area contributed by atoms with E-state index in [1.165, 1.54) is 0 Å². The van der Waals surface area contributed by atoms with Crippen LogP contribution in [0.1, 0.15) is 41.0 Å². The smallest absolute Gasteiger partial charge is 0.255 e. The Hall–Kier alpha value is -1.85. The van der Waals surface area contributed by atoms with Gasteiger partial charge in [0.05, 0.1) is 17.3 Å². The van der Waals surface area contributed by atoms with Crippen LogP contribution >= 0.6 is 11.6 Å². The van der Waals surface area contributed by atoms with E-state index in [4.69, 9.17) is 11.6 Å². The summed E-state index contributed by atoms with van der Waals surface area (Å²) in [5.74, 6) is -0.0918. The molecule has 2 rings (SSSR count). The van der Waals surface area contributed by atoms with Gasteiger partial charge in [0.15, 0.2) is 0 Å². The minimum Gasteiger partial charge on any atom is -0.345 e. The first-order valence-corrected chi connectivity index (χ1v) is 8.53. The van der Waals surface area contributed by atoms with Gasteiger partial charge < -0.3 is 10.2 Å². The molecule has 0 aliphatic heterocycles. The van der Waals surface area contributed by atoms with Crippen molar-refractivity contribution in [1.29, 1.82) is 0 Å². The van der Waals surface area contributed by atoms with Crippen LogP contribution in [0.25, 0.3) is 0 Å². The summed E-state index contributed by atoms with van der Waals surface area (Å²) in [5, 5.41) is 8.18. The Morgan fingerprint density at radius 1 is 1.33 bits per heavy atom. The number of amides is 1. The summed E-state index contributed by atoms with van der Waals surface area (Å²) in [4.78, 5) is 14.8. The van der Waals surface area contributed by atoms with Crippen molar-refractivity contribution in [3.8, 4) is 0 Å². The topological polar surface area (TPSA) is 50.2 Å². The van der Waals surface area contributed by atoms with E-state index in [9.17, 15) is 4.79 Å². The summed E-state index contributed by atoms with van der Waals surface area (Å²) in [5.41, 5.74) is 2.42. The van der Waals surface area contributed by atoms with Gasteiger partial charge in [0.2, 0.25) is 0 Å². The van der Waals surface area contributed by atoms with Gasteiger partial charge in [0.25, 0.3) is 5.91 Å². The Morgan fingerprint density at radius 3 is 2.54 bits per heavy atom. The zero-order chi connectivity index (χ0) is 17.7. The maximum Gasteiger partial charge on any atom is 0.255 e. The van der Waals surface area contributed by atoms with Crippen molar-refractivity contribution >= 4 is 17.5 Å². The molecule has 1 N–H and O–H groups in total. The molecule has 1 aromatic carbocycles. The molecule has 2 aromatic rings. The van der Waals surface area contributed by atoms with Gasteiger partial charge in [-0.05, 0) is 58.6 Å². The molecule has 130 valence electrons. The van der Waals surface area contributed by atoms with Gasteiger partial charge in [-0.15, -0.1) is 0 Å². The molecule has 1 heterocycles. The largest absolute Gasteiger partial charge is 0.345 e. The molecule has 0 aliphatic rings. The first kappa shape index (κ1) is 18.5. The van der Waals surface area contributed by atoms with Crippen molar-refractivity contribution in [2.24, 2.45) is 0 Å². The molecule has 0 bridgehead atoms. The highest BCUT2D eigenvalue weighted by Crippen LogP contribution is 2.20. The lowest BCUT2D eigenvalue weighted by atomic mass is 10.0. The van der Waals surface area contributed by atoms with Crippen LogP contribution in [-0.2, 0) is 6.54 Å². The predicted octanol–water partition coefficient (Wildman–Crippen LogP) is 3.29. The molecule has 1 unspecified atom stereocenters. The number of rotatable bonds is 7. The van der Waals surface area contributed by atoms with Gasteiger partial charge in [-0.1, -0.05) is 23.7 Å². The van der Waals surface area contributed by atoms with E-state index in [-0.39, 0.29) is 11.9 Å². The highest BCUT2D eigenvalue weighted by atomic mass is 35.5. The average Bonchev–Trinajstić information content (AvgIpc) is 2.93. The number of halogens is 1. The summed E-state index contributed by atoms with van der Waals surface area (Å²) in [6.45, 7) is 5.48. The number of carbonyl (C=O) groups excluding carboxylic acids is 1. The third-order valence-electron chi connectivity index (χ3n) is 3.96. The molecule has 0 aliphatic carbocycles. The van der Waals surface area contributed by atoms with E-state index >= 15 is 0 Å². The Labute approximate surface area is 148 Å². The van der Waals surface area contributed by atoms with E-state index < -0.39 is 0 Å². The molecule has 5 nitrogen and oxygen atoms in total. The Kier molecular flexibility index (Phi) is 6.40. The van der Waals surface area contributed by atoms with E-state index in [2.05, 4.69) is 15.3 Å². The fraction of sp³-hybridized carbons (Fsp3) is 0.444. The van der Waals surface area contributed by atoms with Crippen LogP contribution in [0.5, 0.6) is 0 Å². The third-order valence-corrected chi connectivity index (χ3v) is 4.21. The van der Waals surface area contributed by atoms with Gasteiger partial charge in [-0.3, -0.25) is 9.48 Å². The van der Waals surface area contributed by atoms with E-state index in [1.807, 2.05) is 52.2 Å². The van der Waals surface area contributed by atoms with Gasteiger partial charge in [-0.2, -0.15) is 5.10 Å². The number of benzene rings is 1. The van der Waals surface area contributed by atoms with Crippen molar-refractivity contribution in [3.05, 3.63) is 52.3 Å². The molecule has 1 aromatic heterocycles. The molecule has 0 radical (unpaired) electrons. The minimum atomic E-state index is -0.0918. The molecule has 0 fully saturated rings. The summed E-state index contributed by atoms with van der Waals surface area (Å²) in [6.07, 6.45) is 2.62. The molecular formula is C18H25ClN4O. The summed E-state index contributed by atoms with van der Waals surface area (Å²) < 4.78 is 1.78. The van der Waals surface area contributed by atoms with Crippen LogP contribution in [-0.4, -0.2) is 41.2 Å². The lowest BCUT2D eigenvalue weighted by Gasteiger charge is -2.21. The summed E-state index contributed by atoms with van der Waals surface area (Å²) >= 11 is 5.98. The monoisotopic (exact) mass is 348 g/mol. The number of nitrogens with one attached hydrogen (secondary N) is 1. The quantitative estimate of drug-likeness (QED) is 0.835. The lowest BCUT2D eigenvalue weighted by Crippen LogP contribution is -2.31. The first-order valence-electron chi connectivity index (χ1n) is 8.15. The van der Waals surface area contributed by atoms with Crippen molar-refractivity contribution < 1.29 is 4.79 Å². The zero-order valence-corrected chi connectivity index (χ0v) is 15.5. The normalized spacial score (nSPS) is 12.4. The Balaban J connectivity index is 2.18. The Bertz CT molecular complexity index is 679. The molecule has 1 atom stereocenters. The number of aromatic nitrogens is 2. The molecule has 6 heteroatoms. The second-order valence-electron chi connectivity index (χ2n) is 6.15. The predicted molar refractivity (Wildman–Crippen MR) is 97.5 cm³/mol. The number of nitrogens with zero attached hydrogens (tertiary/aromatic N) is 3. The minimum absolute atomic E-state index is 0.0680. The van der Waals surface area contributed by atoms with Crippen LogP contribution in [0.2, 0.25) is 5.02 Å². The highest BCUT2D eigenvalue weighted by molar-refractivity contribution is 6.30. The van der Waals surface area contributed by atoms with Crippen LogP contribution in [0.3, 0.4) is 0 Å². The highest BCUT2D eigenvalue weighted by Gasteiger charge is 2.19. The van der Waals surface area contributed by atoms with Crippen LogP contribution in [0.15, 0.2) is 30.5 Å².